The highest BCUT2D eigenvalue weighted by atomic mass is 35.5. The summed E-state index contributed by atoms with van der Waals surface area (Å²) in [5, 5.41) is 0.670. The van der Waals surface area contributed by atoms with Crippen LogP contribution < -0.4 is 23.7 Å². The first kappa shape index (κ1) is 40.2. The first-order valence-electron chi connectivity index (χ1n) is 19.3. The zero-order valence-electron chi connectivity index (χ0n) is 31.9. The Hall–Kier alpha value is -5.42. The fourth-order valence-electron chi connectivity index (χ4n) is 6.96. The molecule has 12 heteroatoms. The van der Waals surface area contributed by atoms with Crippen molar-refractivity contribution in [3.63, 3.8) is 0 Å². The van der Waals surface area contributed by atoms with Crippen LogP contribution in [0.3, 0.4) is 0 Å². The molecule has 3 heterocycles. The molecule has 0 radical (unpaired) electrons. The van der Waals surface area contributed by atoms with Crippen molar-refractivity contribution < 1.29 is 38.1 Å². The molecule has 0 bridgehead atoms. The summed E-state index contributed by atoms with van der Waals surface area (Å²) in [4.78, 5) is 43.0. The van der Waals surface area contributed by atoms with E-state index in [1.54, 1.807) is 36.3 Å². The Balaban J connectivity index is 0.875. The van der Waals surface area contributed by atoms with Gasteiger partial charge in [0.2, 0.25) is 17.7 Å². The molecule has 3 fully saturated rings. The fourth-order valence-corrected chi connectivity index (χ4v) is 7.09. The van der Waals surface area contributed by atoms with Crippen LogP contribution in [-0.4, -0.2) is 104 Å². The average Bonchev–Trinajstić information content (AvgIpc) is 3.23. The molecule has 0 N–H and O–H groups in total. The maximum absolute atomic E-state index is 12.9. The lowest BCUT2D eigenvalue weighted by molar-refractivity contribution is -0.128. The molecule has 0 aromatic heterocycles. The van der Waals surface area contributed by atoms with E-state index in [4.69, 9.17) is 35.3 Å². The molecular weight excluding hydrogens is 734 g/mol. The van der Waals surface area contributed by atoms with Crippen molar-refractivity contribution in [2.75, 3.05) is 53.0 Å². The molecule has 6 rings (SSSR count). The van der Waals surface area contributed by atoms with Gasteiger partial charge in [-0.2, -0.15) is 0 Å². The molecule has 0 unspecified atom stereocenters. The molecule has 3 saturated heterocycles. The number of piperidine rings is 3. The number of likely N-dealkylation sites (tertiary alicyclic amines) is 3. The smallest absolute Gasteiger partial charge is 0.246 e. The summed E-state index contributed by atoms with van der Waals surface area (Å²) < 4.78 is 29.9. The molecule has 3 aromatic carbocycles. The van der Waals surface area contributed by atoms with Gasteiger partial charge in [-0.15, -0.1) is 0 Å². The van der Waals surface area contributed by atoms with Crippen LogP contribution in [0.15, 0.2) is 97.6 Å². The predicted molar refractivity (Wildman–Crippen MR) is 215 cm³/mol. The number of benzene rings is 3. The Labute approximate surface area is 334 Å². The van der Waals surface area contributed by atoms with Crippen LogP contribution in [-0.2, 0) is 14.4 Å². The van der Waals surface area contributed by atoms with Gasteiger partial charge in [0, 0.05) is 95.0 Å². The molecule has 3 aliphatic rings. The van der Waals surface area contributed by atoms with E-state index < -0.39 is 0 Å². The minimum atomic E-state index is -0.0597. The van der Waals surface area contributed by atoms with Gasteiger partial charge >= 0.3 is 0 Å². The van der Waals surface area contributed by atoms with E-state index in [1.807, 2.05) is 76.5 Å². The normalized spacial score (nSPS) is 17.2. The molecule has 0 aliphatic carbocycles. The standard InChI is InChI=1S/C44H50ClN3O8/c1-3-42(49)46-24-18-37(19-25-46)55-36-14-12-34(13-15-36)53-30-4-5-43(50)47-28-22-39(23-29-47)56-40-16-6-32(31-41(40)52-2)7-17-44(51)48-26-20-38(21-27-48)54-35-10-8-33(45)9-11-35/h3-17,31,37-39H,1,18-30H2,2H3/b5-4+,17-7+. The maximum atomic E-state index is 12.9. The number of carbonyl (C=O) groups excluding carboxylic acids is 3. The van der Waals surface area contributed by atoms with Crippen molar-refractivity contribution in [1.82, 2.24) is 14.7 Å². The fraction of sp³-hybridized carbons (Fsp3) is 0.386. The Morgan fingerprint density at radius 1 is 0.643 bits per heavy atom. The SMILES string of the molecule is C=CC(=O)N1CCC(Oc2ccc(OC/C=C/C(=O)N3CCC(Oc4ccc(/C=C/C(=O)N5CCC(Oc6ccc(Cl)cc6)CC5)cc4OC)CC3)cc2)CC1. The van der Waals surface area contributed by atoms with E-state index >= 15 is 0 Å². The number of carbonyl (C=O) groups is 3. The van der Waals surface area contributed by atoms with Crippen molar-refractivity contribution in [3.05, 3.63) is 108 Å². The topological polar surface area (TPSA) is 107 Å². The number of rotatable bonds is 14. The number of hydrogen-bond donors (Lipinski definition) is 0. The number of halogens is 1. The second-order valence-electron chi connectivity index (χ2n) is 14.0. The molecule has 296 valence electrons. The third-order valence-corrected chi connectivity index (χ3v) is 10.4. The summed E-state index contributed by atoms with van der Waals surface area (Å²) in [7, 11) is 1.60. The highest BCUT2D eigenvalue weighted by molar-refractivity contribution is 6.30. The molecule has 0 saturated carbocycles. The molecular formula is C44H50ClN3O8. The van der Waals surface area contributed by atoms with Gasteiger partial charge < -0.3 is 38.4 Å². The Bertz CT molecular complexity index is 1840. The number of hydrogen-bond acceptors (Lipinski definition) is 8. The van der Waals surface area contributed by atoms with Gasteiger partial charge in [0.05, 0.1) is 7.11 Å². The largest absolute Gasteiger partial charge is 0.493 e. The summed E-state index contributed by atoms with van der Waals surface area (Å²) in [6.07, 6.45) is 12.6. The second kappa shape index (κ2) is 20.0. The van der Waals surface area contributed by atoms with Gasteiger partial charge in [0.15, 0.2) is 11.5 Å². The number of nitrogens with zero attached hydrogens (tertiary/aromatic N) is 3. The first-order valence-corrected chi connectivity index (χ1v) is 19.6. The van der Waals surface area contributed by atoms with Crippen molar-refractivity contribution >= 4 is 35.4 Å². The Morgan fingerprint density at radius 3 is 1.66 bits per heavy atom. The van der Waals surface area contributed by atoms with Gasteiger partial charge in [-0.05, 0) is 84.5 Å². The lowest BCUT2D eigenvalue weighted by Crippen LogP contribution is -2.41. The zero-order chi connectivity index (χ0) is 39.3. The van der Waals surface area contributed by atoms with E-state index in [9.17, 15) is 14.4 Å². The van der Waals surface area contributed by atoms with E-state index in [0.29, 0.717) is 74.4 Å². The van der Waals surface area contributed by atoms with E-state index in [1.165, 1.54) is 6.08 Å². The summed E-state index contributed by atoms with van der Waals surface area (Å²) in [5.74, 6) is 3.30. The number of methoxy groups -OCH3 is 1. The maximum Gasteiger partial charge on any atom is 0.246 e. The summed E-state index contributed by atoms with van der Waals surface area (Å²) in [6.45, 7) is 7.55. The first-order chi connectivity index (χ1) is 27.3. The quantitative estimate of drug-likeness (QED) is 0.161. The van der Waals surface area contributed by atoms with E-state index in [2.05, 4.69) is 6.58 Å². The van der Waals surface area contributed by atoms with Gasteiger partial charge in [0.1, 0.15) is 42.2 Å². The van der Waals surface area contributed by atoms with E-state index in [0.717, 1.165) is 42.7 Å². The molecule has 3 aromatic rings. The third-order valence-electron chi connectivity index (χ3n) is 10.2. The molecule has 11 nitrogen and oxygen atoms in total. The minimum absolute atomic E-state index is 0.0390. The van der Waals surface area contributed by atoms with Crippen molar-refractivity contribution in [1.29, 1.82) is 0 Å². The third kappa shape index (κ3) is 11.6. The van der Waals surface area contributed by atoms with Gasteiger partial charge in [-0.3, -0.25) is 14.4 Å². The van der Waals surface area contributed by atoms with Gasteiger partial charge in [-0.1, -0.05) is 24.2 Å². The highest BCUT2D eigenvalue weighted by Gasteiger charge is 2.25. The van der Waals surface area contributed by atoms with Crippen LogP contribution in [0.5, 0.6) is 28.7 Å². The van der Waals surface area contributed by atoms with Gasteiger partial charge in [-0.25, -0.2) is 0 Å². The van der Waals surface area contributed by atoms with Crippen molar-refractivity contribution in [2.24, 2.45) is 0 Å². The molecule has 0 atom stereocenters. The molecule has 0 spiro atoms. The van der Waals surface area contributed by atoms with Crippen LogP contribution in [0.2, 0.25) is 5.02 Å². The predicted octanol–water partition coefficient (Wildman–Crippen LogP) is 6.99. The lowest BCUT2D eigenvalue weighted by Gasteiger charge is -2.32. The van der Waals surface area contributed by atoms with Crippen molar-refractivity contribution in [3.8, 4) is 28.7 Å². The number of ether oxygens (including phenoxy) is 5. The monoisotopic (exact) mass is 783 g/mol. The van der Waals surface area contributed by atoms with Crippen LogP contribution in [0.25, 0.3) is 6.08 Å². The average molecular weight is 784 g/mol. The van der Waals surface area contributed by atoms with Crippen LogP contribution in [0.4, 0.5) is 0 Å². The summed E-state index contributed by atoms with van der Waals surface area (Å²) in [6, 6.07) is 20.4. The van der Waals surface area contributed by atoms with Crippen LogP contribution >= 0.6 is 11.6 Å². The summed E-state index contributed by atoms with van der Waals surface area (Å²) >= 11 is 5.97. The minimum Gasteiger partial charge on any atom is -0.493 e. The Morgan fingerprint density at radius 2 is 1.12 bits per heavy atom. The van der Waals surface area contributed by atoms with Crippen LogP contribution in [0, 0.1) is 0 Å². The number of amides is 3. The van der Waals surface area contributed by atoms with E-state index in [-0.39, 0.29) is 42.6 Å². The highest BCUT2D eigenvalue weighted by Crippen LogP contribution is 2.31. The Kier molecular flexibility index (Phi) is 14.3. The second-order valence-corrected chi connectivity index (χ2v) is 14.5. The summed E-state index contributed by atoms with van der Waals surface area (Å²) in [5.41, 5.74) is 0.831. The molecule has 3 amide bonds. The lowest BCUT2D eigenvalue weighted by atomic mass is 10.1. The molecule has 56 heavy (non-hydrogen) atoms. The van der Waals surface area contributed by atoms with Crippen molar-refractivity contribution in [2.45, 2.75) is 56.8 Å². The molecule has 3 aliphatic heterocycles. The van der Waals surface area contributed by atoms with Crippen LogP contribution in [0.1, 0.15) is 44.1 Å². The zero-order valence-corrected chi connectivity index (χ0v) is 32.6. The van der Waals surface area contributed by atoms with Gasteiger partial charge in [0.25, 0.3) is 0 Å².